The van der Waals surface area contributed by atoms with E-state index in [0.717, 1.165) is 19.3 Å². The van der Waals surface area contributed by atoms with Crippen LogP contribution >= 0.6 is 0 Å². The van der Waals surface area contributed by atoms with Crippen molar-refractivity contribution >= 4 is 12.0 Å². The van der Waals surface area contributed by atoms with Crippen molar-refractivity contribution < 1.29 is 19.4 Å². The van der Waals surface area contributed by atoms with Gasteiger partial charge in [0.2, 0.25) is 0 Å². The molecule has 0 radical (unpaired) electrons. The first-order chi connectivity index (χ1) is 9.13. The summed E-state index contributed by atoms with van der Waals surface area (Å²) in [6.07, 6.45) is 3.26. The molecule has 1 atom stereocenters. The number of carboxylic acids is 1. The minimum absolute atomic E-state index is 0.125. The fourth-order valence-corrected chi connectivity index (χ4v) is 2.88. The van der Waals surface area contributed by atoms with E-state index in [1.54, 1.807) is 4.90 Å². The fourth-order valence-electron chi connectivity index (χ4n) is 2.88. The Kier molecular flexibility index (Phi) is 4.63. The third kappa shape index (κ3) is 3.18. The highest BCUT2D eigenvalue weighted by molar-refractivity contribution is 5.83. The fraction of sp³-hybridized carbons (Fsp3) is 0.846. The van der Waals surface area contributed by atoms with E-state index in [-0.39, 0.29) is 12.1 Å². The molecule has 1 N–H and O–H groups in total. The summed E-state index contributed by atoms with van der Waals surface area (Å²) in [5.41, 5.74) is 0. The van der Waals surface area contributed by atoms with Gasteiger partial charge in [0.05, 0.1) is 6.10 Å². The third-order valence-corrected chi connectivity index (χ3v) is 3.90. The van der Waals surface area contributed by atoms with Gasteiger partial charge in [-0.05, 0) is 32.6 Å². The molecule has 2 aliphatic rings. The van der Waals surface area contributed by atoms with Gasteiger partial charge in [0.25, 0.3) is 0 Å². The largest absolute Gasteiger partial charge is 0.480 e. The van der Waals surface area contributed by atoms with Crippen molar-refractivity contribution in [1.29, 1.82) is 0 Å². The second-order valence-corrected chi connectivity index (χ2v) is 5.11. The summed E-state index contributed by atoms with van der Waals surface area (Å²) < 4.78 is 5.55. The molecule has 2 fully saturated rings. The van der Waals surface area contributed by atoms with E-state index in [9.17, 15) is 9.59 Å². The topological polar surface area (TPSA) is 70.1 Å². The van der Waals surface area contributed by atoms with Crippen molar-refractivity contribution in [3.05, 3.63) is 0 Å². The Morgan fingerprint density at radius 3 is 2.47 bits per heavy atom. The van der Waals surface area contributed by atoms with Crippen LogP contribution in [0.15, 0.2) is 0 Å². The second-order valence-electron chi connectivity index (χ2n) is 5.11. The van der Waals surface area contributed by atoms with Crippen LogP contribution in [0.1, 0.15) is 32.6 Å². The Labute approximate surface area is 113 Å². The maximum Gasteiger partial charge on any atom is 0.326 e. The van der Waals surface area contributed by atoms with Gasteiger partial charge >= 0.3 is 12.0 Å². The number of carbonyl (C=O) groups excluding carboxylic acids is 1. The molecule has 2 saturated heterocycles. The second kappa shape index (κ2) is 6.23. The highest BCUT2D eigenvalue weighted by Crippen LogP contribution is 2.22. The quantitative estimate of drug-likeness (QED) is 0.835. The lowest BCUT2D eigenvalue weighted by molar-refractivity contribution is -0.141. The summed E-state index contributed by atoms with van der Waals surface area (Å²) >= 11 is 0. The lowest BCUT2D eigenvalue weighted by Gasteiger charge is -2.35. The van der Waals surface area contributed by atoms with Gasteiger partial charge in [-0.1, -0.05) is 0 Å². The molecule has 108 valence electrons. The third-order valence-electron chi connectivity index (χ3n) is 3.90. The highest BCUT2D eigenvalue weighted by Gasteiger charge is 2.37. The van der Waals surface area contributed by atoms with E-state index in [4.69, 9.17) is 9.84 Å². The predicted octanol–water partition coefficient (Wildman–Crippen LogP) is 1.16. The van der Waals surface area contributed by atoms with Crippen LogP contribution in [0.5, 0.6) is 0 Å². The van der Waals surface area contributed by atoms with Gasteiger partial charge in [0.15, 0.2) is 0 Å². The maximum atomic E-state index is 12.3. The number of urea groups is 1. The molecule has 2 aliphatic heterocycles. The first kappa shape index (κ1) is 14.1. The minimum atomic E-state index is -0.893. The summed E-state index contributed by atoms with van der Waals surface area (Å²) in [5.74, 6) is -0.893. The summed E-state index contributed by atoms with van der Waals surface area (Å²) in [6, 6.07) is -0.767. The van der Waals surface area contributed by atoms with Gasteiger partial charge < -0.3 is 19.6 Å². The lowest BCUT2D eigenvalue weighted by atomic mass is 10.1. The molecular weight excluding hydrogens is 248 g/mol. The number of likely N-dealkylation sites (tertiary alicyclic amines) is 2. The standard InChI is InChI=1S/C13H22N2O4/c1-2-19-10-5-8-14(9-6-10)13(18)15-7-3-4-11(15)12(16)17/h10-11H,2-9H2,1H3,(H,16,17)/t11-/m1/s1. The smallest absolute Gasteiger partial charge is 0.326 e. The maximum absolute atomic E-state index is 12.3. The Morgan fingerprint density at radius 2 is 1.89 bits per heavy atom. The average Bonchev–Trinajstić information content (AvgIpc) is 2.88. The number of hydrogen-bond acceptors (Lipinski definition) is 3. The molecule has 6 heteroatoms. The zero-order valence-electron chi connectivity index (χ0n) is 11.4. The summed E-state index contributed by atoms with van der Waals surface area (Å²) in [7, 11) is 0. The Morgan fingerprint density at radius 1 is 1.21 bits per heavy atom. The number of ether oxygens (including phenoxy) is 1. The lowest BCUT2D eigenvalue weighted by Crippen LogP contribution is -2.51. The molecule has 2 heterocycles. The van der Waals surface area contributed by atoms with Crippen molar-refractivity contribution in [1.82, 2.24) is 9.80 Å². The van der Waals surface area contributed by atoms with E-state index >= 15 is 0 Å². The molecule has 6 nitrogen and oxygen atoms in total. The zero-order chi connectivity index (χ0) is 13.8. The van der Waals surface area contributed by atoms with Crippen molar-refractivity contribution in [2.75, 3.05) is 26.2 Å². The zero-order valence-corrected chi connectivity index (χ0v) is 11.4. The molecule has 0 bridgehead atoms. The molecular formula is C13H22N2O4. The van der Waals surface area contributed by atoms with Crippen molar-refractivity contribution in [3.8, 4) is 0 Å². The van der Waals surface area contributed by atoms with Crippen LogP contribution in [-0.4, -0.2) is 65.3 Å². The Balaban J connectivity index is 1.89. The average molecular weight is 270 g/mol. The molecule has 0 saturated carbocycles. The number of piperidine rings is 1. The molecule has 0 aliphatic carbocycles. The summed E-state index contributed by atoms with van der Waals surface area (Å²) in [5, 5.41) is 9.11. The van der Waals surface area contributed by atoms with Crippen LogP contribution in [0, 0.1) is 0 Å². The van der Waals surface area contributed by atoms with Crippen molar-refractivity contribution in [3.63, 3.8) is 0 Å². The molecule has 0 unspecified atom stereocenters. The molecule has 0 aromatic heterocycles. The number of amides is 2. The number of aliphatic carboxylic acids is 1. The highest BCUT2D eigenvalue weighted by atomic mass is 16.5. The number of carboxylic acid groups (broad SMARTS) is 1. The number of carbonyl (C=O) groups is 2. The predicted molar refractivity (Wildman–Crippen MR) is 69.0 cm³/mol. The van der Waals surface area contributed by atoms with Crippen molar-refractivity contribution in [2.45, 2.75) is 44.8 Å². The molecule has 0 aromatic rings. The minimum Gasteiger partial charge on any atom is -0.480 e. The number of nitrogens with zero attached hydrogens (tertiary/aromatic N) is 2. The van der Waals surface area contributed by atoms with E-state index in [1.807, 2.05) is 6.92 Å². The van der Waals surface area contributed by atoms with Gasteiger partial charge in [-0.2, -0.15) is 0 Å². The first-order valence-corrected chi connectivity index (χ1v) is 7.03. The Hall–Kier alpha value is -1.30. The molecule has 2 amide bonds. The molecule has 2 rings (SSSR count). The van der Waals surface area contributed by atoms with E-state index in [2.05, 4.69) is 0 Å². The van der Waals surface area contributed by atoms with E-state index in [0.29, 0.717) is 32.7 Å². The van der Waals surface area contributed by atoms with Crippen LogP contribution in [0.2, 0.25) is 0 Å². The van der Waals surface area contributed by atoms with Crippen LogP contribution in [0.25, 0.3) is 0 Å². The van der Waals surface area contributed by atoms with Gasteiger partial charge in [-0.25, -0.2) is 9.59 Å². The van der Waals surface area contributed by atoms with Crippen LogP contribution in [0.4, 0.5) is 4.79 Å². The Bertz CT molecular complexity index is 340. The van der Waals surface area contributed by atoms with E-state index < -0.39 is 12.0 Å². The SMILES string of the molecule is CCOC1CCN(C(=O)N2CCC[C@@H]2C(=O)O)CC1. The van der Waals surface area contributed by atoms with Gasteiger partial charge in [0, 0.05) is 26.2 Å². The normalized spacial score (nSPS) is 24.8. The number of rotatable bonds is 3. The van der Waals surface area contributed by atoms with Crippen LogP contribution in [0.3, 0.4) is 0 Å². The molecule has 0 spiro atoms. The molecule has 0 aromatic carbocycles. The summed E-state index contributed by atoms with van der Waals surface area (Å²) in [6.45, 7) is 4.55. The summed E-state index contributed by atoms with van der Waals surface area (Å²) in [4.78, 5) is 26.7. The monoisotopic (exact) mass is 270 g/mol. The molecule has 19 heavy (non-hydrogen) atoms. The van der Waals surface area contributed by atoms with Crippen LogP contribution in [-0.2, 0) is 9.53 Å². The van der Waals surface area contributed by atoms with E-state index in [1.165, 1.54) is 4.90 Å². The van der Waals surface area contributed by atoms with Gasteiger partial charge in [-0.15, -0.1) is 0 Å². The van der Waals surface area contributed by atoms with Gasteiger partial charge in [0.1, 0.15) is 6.04 Å². The number of hydrogen-bond donors (Lipinski definition) is 1. The van der Waals surface area contributed by atoms with Crippen LogP contribution < -0.4 is 0 Å². The van der Waals surface area contributed by atoms with Gasteiger partial charge in [-0.3, -0.25) is 0 Å². The van der Waals surface area contributed by atoms with Crippen molar-refractivity contribution in [2.24, 2.45) is 0 Å². The first-order valence-electron chi connectivity index (χ1n) is 7.03.